The van der Waals surface area contributed by atoms with Gasteiger partial charge >= 0.3 is 0 Å². The molecule has 3 heteroatoms. The van der Waals surface area contributed by atoms with Crippen LogP contribution in [0.25, 0.3) is 10.8 Å². The van der Waals surface area contributed by atoms with Gasteiger partial charge in [0.05, 0.1) is 0 Å². The van der Waals surface area contributed by atoms with Crippen LogP contribution in [0, 0.1) is 6.92 Å². The fourth-order valence-electron chi connectivity index (χ4n) is 3.30. The minimum Gasteiger partial charge on any atom is -0.370 e. The zero-order valence-electron chi connectivity index (χ0n) is 14.5. The van der Waals surface area contributed by atoms with Crippen LogP contribution in [-0.2, 0) is 5.75 Å². The molecule has 3 aromatic rings. The maximum absolute atomic E-state index is 4.70. The van der Waals surface area contributed by atoms with Crippen LogP contribution in [0.3, 0.4) is 0 Å². The largest absolute Gasteiger partial charge is 0.370 e. The van der Waals surface area contributed by atoms with Crippen molar-refractivity contribution in [3.63, 3.8) is 0 Å². The second kappa shape index (κ2) is 7.32. The molecule has 3 aromatic carbocycles. The number of aryl methyl sites for hydroxylation is 1. The summed E-state index contributed by atoms with van der Waals surface area (Å²) in [5.74, 6) is 2.01. The molecule has 0 spiro atoms. The maximum Gasteiger partial charge on any atom is 0.128 e. The summed E-state index contributed by atoms with van der Waals surface area (Å²) in [7, 11) is 0. The molecule has 0 fully saturated rings. The van der Waals surface area contributed by atoms with Gasteiger partial charge in [-0.15, -0.1) is 11.8 Å². The lowest BCUT2D eigenvalue weighted by Gasteiger charge is -2.19. The minimum atomic E-state index is 0.923. The van der Waals surface area contributed by atoms with Gasteiger partial charge in [-0.05, 0) is 41.3 Å². The van der Waals surface area contributed by atoms with Crippen molar-refractivity contribution >= 4 is 28.4 Å². The highest BCUT2D eigenvalue weighted by Gasteiger charge is 2.14. The van der Waals surface area contributed by atoms with E-state index < -0.39 is 0 Å². The predicted molar refractivity (Wildman–Crippen MR) is 109 cm³/mol. The fraction of sp³-hybridized carbons (Fsp3) is 0.227. The smallest absolute Gasteiger partial charge is 0.128 e. The number of fused-ring (bicyclic) bond motifs is 1. The molecular weight excluding hydrogens is 324 g/mol. The summed E-state index contributed by atoms with van der Waals surface area (Å²) in [6, 6.07) is 21.7. The van der Waals surface area contributed by atoms with Gasteiger partial charge in [0.2, 0.25) is 0 Å². The van der Waals surface area contributed by atoms with E-state index in [0.29, 0.717) is 0 Å². The Morgan fingerprint density at radius 2 is 1.84 bits per heavy atom. The number of hydrogen-bond donors (Lipinski definition) is 1. The van der Waals surface area contributed by atoms with Crippen LogP contribution >= 0.6 is 11.8 Å². The van der Waals surface area contributed by atoms with E-state index in [1.54, 1.807) is 0 Å². The van der Waals surface area contributed by atoms with Crippen molar-refractivity contribution in [1.82, 2.24) is 5.32 Å². The molecule has 0 saturated heterocycles. The first-order chi connectivity index (χ1) is 12.3. The molecule has 25 heavy (non-hydrogen) atoms. The van der Waals surface area contributed by atoms with Crippen molar-refractivity contribution in [1.29, 1.82) is 0 Å². The number of thioether (sulfide) groups is 1. The molecule has 0 atom stereocenters. The Morgan fingerprint density at radius 3 is 2.72 bits per heavy atom. The Balaban J connectivity index is 1.66. The van der Waals surface area contributed by atoms with Crippen molar-refractivity contribution in [2.24, 2.45) is 4.99 Å². The predicted octanol–water partition coefficient (Wildman–Crippen LogP) is 5.18. The average molecular weight is 346 g/mol. The highest BCUT2D eigenvalue weighted by atomic mass is 32.2. The lowest BCUT2D eigenvalue weighted by molar-refractivity contribution is 0.742. The third-order valence-corrected chi connectivity index (χ3v) is 5.78. The Labute approximate surface area is 153 Å². The number of hydrogen-bond acceptors (Lipinski definition) is 3. The van der Waals surface area contributed by atoms with E-state index in [2.05, 4.69) is 72.9 Å². The molecule has 0 unspecified atom stereocenters. The average Bonchev–Trinajstić information content (AvgIpc) is 2.67. The summed E-state index contributed by atoms with van der Waals surface area (Å²) in [5, 5.41) is 6.10. The van der Waals surface area contributed by atoms with Crippen LogP contribution in [0.15, 0.2) is 70.6 Å². The number of nitrogens with zero attached hydrogens (tertiary/aromatic N) is 1. The SMILES string of the molecule is Cc1cccc(C2=NCCCN2)c1CSc1cccc2ccccc12. The first kappa shape index (κ1) is 16.2. The number of amidine groups is 1. The normalized spacial score (nSPS) is 14.2. The molecule has 0 bridgehead atoms. The van der Waals surface area contributed by atoms with Gasteiger partial charge in [-0.3, -0.25) is 4.99 Å². The van der Waals surface area contributed by atoms with Crippen LogP contribution in [0.4, 0.5) is 0 Å². The lowest BCUT2D eigenvalue weighted by atomic mass is 10.0. The first-order valence-electron chi connectivity index (χ1n) is 8.81. The molecule has 2 nitrogen and oxygen atoms in total. The van der Waals surface area contributed by atoms with Gasteiger partial charge < -0.3 is 5.32 Å². The molecule has 0 aliphatic carbocycles. The van der Waals surface area contributed by atoms with Gasteiger partial charge in [0.25, 0.3) is 0 Å². The number of aliphatic imine (C=N–C) groups is 1. The van der Waals surface area contributed by atoms with Gasteiger partial charge in [-0.2, -0.15) is 0 Å². The highest BCUT2D eigenvalue weighted by molar-refractivity contribution is 7.98. The van der Waals surface area contributed by atoms with E-state index in [1.165, 1.54) is 32.4 Å². The summed E-state index contributed by atoms with van der Waals surface area (Å²) in [6.07, 6.45) is 1.12. The summed E-state index contributed by atoms with van der Waals surface area (Å²) >= 11 is 1.91. The highest BCUT2D eigenvalue weighted by Crippen LogP contribution is 2.32. The Kier molecular flexibility index (Phi) is 4.75. The second-order valence-electron chi connectivity index (χ2n) is 6.38. The third-order valence-electron chi connectivity index (χ3n) is 4.68. The standard InChI is InChI=1S/C22H22N2S/c1-16-7-4-11-19(22-23-13-6-14-24-22)20(16)15-25-21-12-5-9-17-8-2-3-10-18(17)21/h2-5,7-12H,6,13-15H2,1H3,(H,23,24). The molecule has 1 aliphatic heterocycles. The van der Waals surface area contributed by atoms with Crippen molar-refractivity contribution in [3.8, 4) is 0 Å². The van der Waals surface area contributed by atoms with E-state index >= 15 is 0 Å². The van der Waals surface area contributed by atoms with Crippen molar-refractivity contribution < 1.29 is 0 Å². The number of nitrogens with one attached hydrogen (secondary N) is 1. The minimum absolute atomic E-state index is 0.923. The first-order valence-corrected chi connectivity index (χ1v) is 9.79. The quantitative estimate of drug-likeness (QED) is 0.658. The topological polar surface area (TPSA) is 24.4 Å². The molecule has 0 aromatic heterocycles. The third kappa shape index (κ3) is 3.42. The summed E-state index contributed by atoms with van der Waals surface area (Å²) in [5.41, 5.74) is 3.97. The van der Waals surface area contributed by atoms with E-state index in [0.717, 1.165) is 31.1 Å². The van der Waals surface area contributed by atoms with Gasteiger partial charge in [-0.1, -0.05) is 54.6 Å². The summed E-state index contributed by atoms with van der Waals surface area (Å²) in [4.78, 5) is 6.04. The van der Waals surface area contributed by atoms with Gasteiger partial charge in [0.15, 0.2) is 0 Å². The van der Waals surface area contributed by atoms with Crippen LogP contribution in [-0.4, -0.2) is 18.9 Å². The molecule has 1 N–H and O–H groups in total. The van der Waals surface area contributed by atoms with E-state index in [-0.39, 0.29) is 0 Å². The molecule has 126 valence electrons. The number of benzene rings is 3. The second-order valence-corrected chi connectivity index (χ2v) is 7.39. The van der Waals surface area contributed by atoms with Gasteiger partial charge in [0, 0.05) is 29.3 Å². The Morgan fingerprint density at radius 1 is 1.00 bits per heavy atom. The van der Waals surface area contributed by atoms with Crippen LogP contribution in [0.5, 0.6) is 0 Å². The zero-order chi connectivity index (χ0) is 17.1. The van der Waals surface area contributed by atoms with Crippen molar-refractivity contribution in [2.75, 3.05) is 13.1 Å². The van der Waals surface area contributed by atoms with E-state index in [1.807, 2.05) is 11.8 Å². The molecule has 0 saturated carbocycles. The van der Waals surface area contributed by atoms with E-state index in [4.69, 9.17) is 4.99 Å². The Bertz CT molecular complexity index is 925. The zero-order valence-corrected chi connectivity index (χ0v) is 15.3. The molecule has 0 radical (unpaired) electrons. The monoisotopic (exact) mass is 346 g/mol. The molecule has 4 rings (SSSR count). The van der Waals surface area contributed by atoms with Crippen molar-refractivity contribution in [2.45, 2.75) is 24.0 Å². The Hall–Kier alpha value is -2.26. The molecule has 0 amide bonds. The maximum atomic E-state index is 4.70. The van der Waals surface area contributed by atoms with E-state index in [9.17, 15) is 0 Å². The molecule has 1 heterocycles. The lowest BCUT2D eigenvalue weighted by Crippen LogP contribution is -2.31. The molecule has 1 aliphatic rings. The van der Waals surface area contributed by atoms with Crippen LogP contribution < -0.4 is 5.32 Å². The van der Waals surface area contributed by atoms with Crippen molar-refractivity contribution in [3.05, 3.63) is 77.4 Å². The summed E-state index contributed by atoms with van der Waals surface area (Å²) < 4.78 is 0. The fourth-order valence-corrected chi connectivity index (χ4v) is 4.50. The van der Waals surface area contributed by atoms with Gasteiger partial charge in [-0.25, -0.2) is 0 Å². The molecular formula is C22H22N2S. The van der Waals surface area contributed by atoms with Crippen LogP contribution in [0.2, 0.25) is 0 Å². The number of rotatable bonds is 4. The van der Waals surface area contributed by atoms with Crippen LogP contribution in [0.1, 0.15) is 23.1 Å². The summed E-state index contributed by atoms with van der Waals surface area (Å²) in [6.45, 7) is 4.14. The van der Waals surface area contributed by atoms with Gasteiger partial charge in [0.1, 0.15) is 5.84 Å².